The van der Waals surface area contributed by atoms with Crippen LogP contribution in [0, 0.1) is 5.82 Å². The van der Waals surface area contributed by atoms with E-state index in [-0.39, 0.29) is 17.6 Å². The van der Waals surface area contributed by atoms with Crippen molar-refractivity contribution in [2.24, 2.45) is 4.99 Å². The molecular weight excluding hydrogens is 688 g/mol. The van der Waals surface area contributed by atoms with Crippen molar-refractivity contribution in [2.75, 3.05) is 19.5 Å². The lowest BCUT2D eigenvalue weighted by Gasteiger charge is -2.49. The Labute approximate surface area is 315 Å². The van der Waals surface area contributed by atoms with Crippen molar-refractivity contribution in [1.82, 2.24) is 5.32 Å². The van der Waals surface area contributed by atoms with E-state index in [2.05, 4.69) is 27.8 Å². The van der Waals surface area contributed by atoms with E-state index in [1.807, 2.05) is 97.1 Å². The molecule has 0 aromatic heterocycles. The van der Waals surface area contributed by atoms with E-state index in [4.69, 9.17) is 14.2 Å². The lowest BCUT2D eigenvalue weighted by atomic mass is 9.76. The molecule has 1 fully saturated rings. The monoisotopic (exact) mass is 733 g/mol. The van der Waals surface area contributed by atoms with E-state index in [9.17, 15) is 0 Å². The average Bonchev–Trinajstić information content (AvgIpc) is 3.66. The van der Waals surface area contributed by atoms with Crippen LogP contribution in [-0.4, -0.2) is 37.7 Å². The number of nitrogens with zero attached hydrogens (tertiary/aromatic N) is 1. The first kappa shape index (κ1) is 36.9. The molecule has 6 nitrogen and oxygen atoms in total. The number of aliphatic imine (C=N–C) groups is 1. The van der Waals surface area contributed by atoms with Gasteiger partial charge in [0.1, 0.15) is 28.4 Å². The summed E-state index contributed by atoms with van der Waals surface area (Å²) in [5, 5.41) is 7.01. The fraction of sp³-hybridized carbons (Fsp3) is 0.311. The van der Waals surface area contributed by atoms with Gasteiger partial charge < -0.3 is 24.8 Å². The quantitative estimate of drug-likeness (QED) is 0.140. The maximum absolute atomic E-state index is 16.9. The molecule has 1 heterocycles. The third-order valence-corrected chi connectivity index (χ3v) is 11.2. The lowest BCUT2D eigenvalue weighted by Crippen LogP contribution is -2.64. The van der Waals surface area contributed by atoms with Crippen molar-refractivity contribution >= 4 is 11.7 Å². The first-order valence-electron chi connectivity index (χ1n) is 18.3. The van der Waals surface area contributed by atoms with Crippen molar-refractivity contribution in [1.29, 1.82) is 0 Å². The van der Waals surface area contributed by atoms with Crippen LogP contribution in [0.2, 0.25) is 0 Å². The van der Waals surface area contributed by atoms with Crippen LogP contribution in [0.4, 0.5) is 18.9 Å². The van der Waals surface area contributed by atoms with E-state index in [1.54, 1.807) is 20.3 Å². The predicted molar refractivity (Wildman–Crippen MR) is 207 cm³/mol. The van der Waals surface area contributed by atoms with E-state index in [1.165, 1.54) is 38.5 Å². The topological polar surface area (TPSA) is 64.1 Å². The van der Waals surface area contributed by atoms with Crippen molar-refractivity contribution in [3.8, 4) is 11.5 Å². The van der Waals surface area contributed by atoms with Crippen LogP contribution in [0.3, 0.4) is 0 Å². The molecule has 280 valence electrons. The molecule has 2 unspecified atom stereocenters. The summed E-state index contributed by atoms with van der Waals surface area (Å²) in [5.74, 6) is -2.77. The Morgan fingerprint density at radius 3 is 1.85 bits per heavy atom. The number of halogens is 3. The highest BCUT2D eigenvalue weighted by atomic mass is 19.3. The Balaban J connectivity index is 1.30. The largest absolute Gasteiger partial charge is 0.497 e. The Morgan fingerprint density at radius 2 is 1.28 bits per heavy atom. The van der Waals surface area contributed by atoms with Crippen molar-refractivity contribution in [3.63, 3.8) is 0 Å². The van der Waals surface area contributed by atoms with Gasteiger partial charge in [-0.05, 0) is 111 Å². The number of rotatable bonds is 10. The van der Waals surface area contributed by atoms with Gasteiger partial charge in [0.15, 0.2) is 0 Å². The molecule has 0 spiro atoms. The summed E-state index contributed by atoms with van der Waals surface area (Å²) in [6.45, 7) is 3.95. The first-order chi connectivity index (χ1) is 25.9. The number of anilines is 1. The summed E-state index contributed by atoms with van der Waals surface area (Å²) in [7, 11) is 3.18. The van der Waals surface area contributed by atoms with Gasteiger partial charge in [-0.2, -0.15) is 8.78 Å². The minimum Gasteiger partial charge on any atom is -0.497 e. The van der Waals surface area contributed by atoms with E-state index in [0.29, 0.717) is 23.1 Å². The maximum atomic E-state index is 16.9. The molecule has 1 aliphatic heterocycles. The molecule has 7 rings (SSSR count). The average molecular weight is 734 g/mol. The zero-order chi connectivity index (χ0) is 38.1. The highest BCUT2D eigenvalue weighted by Gasteiger charge is 2.67. The fourth-order valence-corrected chi connectivity index (χ4v) is 8.07. The zero-order valence-corrected chi connectivity index (χ0v) is 31.2. The smallest absolute Gasteiger partial charge is 0.315 e. The van der Waals surface area contributed by atoms with Gasteiger partial charge in [0.2, 0.25) is 5.60 Å². The number of benzene rings is 5. The molecule has 0 saturated heterocycles. The standard InChI is InChI=1S/C45H46F3N3O3/c1-42(2)45(47,48)43(3,39-29-36(22-27-40(39)46)49-35-21-16-31(28-35)30-12-8-6-9-13-30)54-41(50-42)51-44(32-14-10-7-11-15-32,33-17-23-37(52-4)24-18-33)34-19-25-38(53-5)26-20-34/h6-15,17-20,22-27,29,31,35,49H,16,21,28H2,1-5H3,(H,50,51)/t31?,35?,43-/m1/s1. The van der Waals surface area contributed by atoms with Crippen LogP contribution in [0.25, 0.3) is 0 Å². The second-order valence-corrected chi connectivity index (χ2v) is 14.8. The Hall–Kier alpha value is -5.44. The number of hydrogen-bond donors (Lipinski definition) is 2. The molecule has 5 aromatic rings. The van der Waals surface area contributed by atoms with Gasteiger partial charge in [-0.3, -0.25) is 0 Å². The third kappa shape index (κ3) is 6.54. The van der Waals surface area contributed by atoms with Gasteiger partial charge in [-0.25, -0.2) is 9.38 Å². The van der Waals surface area contributed by atoms with Gasteiger partial charge in [-0.15, -0.1) is 0 Å². The van der Waals surface area contributed by atoms with Crippen LogP contribution in [0.1, 0.15) is 73.8 Å². The number of amidine groups is 1. The minimum absolute atomic E-state index is 0.102. The molecule has 1 saturated carbocycles. The van der Waals surface area contributed by atoms with Gasteiger partial charge in [0.25, 0.3) is 6.02 Å². The number of hydrogen-bond acceptors (Lipinski definition) is 6. The highest BCUT2D eigenvalue weighted by molar-refractivity contribution is 5.79. The van der Waals surface area contributed by atoms with E-state index < -0.39 is 28.4 Å². The molecule has 1 aliphatic carbocycles. The Morgan fingerprint density at radius 1 is 0.722 bits per heavy atom. The zero-order valence-electron chi connectivity index (χ0n) is 31.2. The second kappa shape index (κ2) is 14.4. The first-order valence-corrected chi connectivity index (χ1v) is 18.3. The molecule has 9 heteroatoms. The molecule has 0 radical (unpaired) electrons. The minimum atomic E-state index is -3.65. The van der Waals surface area contributed by atoms with Crippen LogP contribution >= 0.6 is 0 Å². The summed E-state index contributed by atoms with van der Waals surface area (Å²) in [6.07, 6.45) is 2.79. The number of ether oxygens (including phenoxy) is 3. The van der Waals surface area contributed by atoms with E-state index in [0.717, 1.165) is 36.0 Å². The molecule has 0 amide bonds. The normalized spacial score (nSPS) is 21.7. The Kier molecular flexibility index (Phi) is 9.85. The molecule has 54 heavy (non-hydrogen) atoms. The summed E-state index contributed by atoms with van der Waals surface area (Å²) in [5.41, 5.74) is -1.85. The predicted octanol–water partition coefficient (Wildman–Crippen LogP) is 10.2. The number of alkyl halides is 2. The SMILES string of the molecule is COc1ccc(C(NC2=NC(C)(C)C(F)(F)[C@@](C)(c3cc(NC4CCC(c5ccccc5)C4)ccc3F)O2)(c2ccccc2)c2ccc(OC)cc2)cc1. The summed E-state index contributed by atoms with van der Waals surface area (Å²) in [4.78, 5) is 4.53. The third-order valence-electron chi connectivity index (χ3n) is 11.2. The van der Waals surface area contributed by atoms with Crippen LogP contribution in [0.5, 0.6) is 11.5 Å². The van der Waals surface area contributed by atoms with Gasteiger partial charge >= 0.3 is 5.92 Å². The van der Waals surface area contributed by atoms with Crippen LogP contribution in [-0.2, 0) is 15.9 Å². The number of nitrogens with one attached hydrogen (secondary N) is 2. The van der Waals surface area contributed by atoms with Crippen LogP contribution in [0.15, 0.2) is 132 Å². The molecule has 2 aliphatic rings. The van der Waals surface area contributed by atoms with Crippen molar-refractivity contribution in [2.45, 2.75) is 74.6 Å². The molecule has 2 N–H and O–H groups in total. The summed E-state index contributed by atoms with van der Waals surface area (Å²) >= 11 is 0. The van der Waals surface area contributed by atoms with Gasteiger partial charge in [-0.1, -0.05) is 84.9 Å². The molecule has 0 bridgehead atoms. The lowest BCUT2D eigenvalue weighted by molar-refractivity contribution is -0.217. The van der Waals surface area contributed by atoms with Crippen molar-refractivity contribution in [3.05, 3.63) is 161 Å². The summed E-state index contributed by atoms with van der Waals surface area (Å²) < 4.78 is 67.3. The maximum Gasteiger partial charge on any atom is 0.315 e. The number of methoxy groups -OCH3 is 2. The molecular formula is C45H46F3N3O3. The second-order valence-electron chi connectivity index (χ2n) is 14.8. The fourth-order valence-electron chi connectivity index (χ4n) is 8.07. The van der Waals surface area contributed by atoms with Crippen molar-refractivity contribution < 1.29 is 27.4 Å². The highest BCUT2D eigenvalue weighted by Crippen LogP contribution is 2.53. The molecule has 5 aromatic carbocycles. The van der Waals surface area contributed by atoms with Gasteiger partial charge in [0.05, 0.1) is 14.2 Å². The molecule has 3 atom stereocenters. The van der Waals surface area contributed by atoms with Gasteiger partial charge in [0, 0.05) is 17.3 Å². The Bertz CT molecular complexity index is 2040. The van der Waals surface area contributed by atoms with E-state index >= 15 is 13.2 Å². The van der Waals surface area contributed by atoms with Crippen LogP contribution < -0.4 is 20.1 Å². The summed E-state index contributed by atoms with van der Waals surface area (Å²) in [6, 6.07) is 39.2.